The minimum absolute atomic E-state index is 0.0547. The van der Waals surface area contributed by atoms with Gasteiger partial charge in [0.05, 0.1) is 30.8 Å². The summed E-state index contributed by atoms with van der Waals surface area (Å²) in [7, 11) is 1.28. The van der Waals surface area contributed by atoms with Gasteiger partial charge in [0, 0.05) is 13.2 Å². The second kappa shape index (κ2) is 7.63. The zero-order chi connectivity index (χ0) is 18.8. The Bertz CT molecular complexity index is 739. The first-order chi connectivity index (χ1) is 11.6. The lowest BCUT2D eigenvalue weighted by molar-refractivity contribution is -0.139. The van der Waals surface area contributed by atoms with E-state index in [4.69, 9.17) is 11.6 Å². The van der Waals surface area contributed by atoms with E-state index in [0.717, 1.165) is 11.2 Å². The minimum atomic E-state index is -4.74. The van der Waals surface area contributed by atoms with Crippen molar-refractivity contribution in [2.45, 2.75) is 17.8 Å². The summed E-state index contributed by atoms with van der Waals surface area (Å²) in [5.74, 6) is -0.870. The number of carbonyl (C=O) groups excluding carboxylic acids is 1. The summed E-state index contributed by atoms with van der Waals surface area (Å²) in [6.45, 7) is 0. The highest BCUT2D eigenvalue weighted by atomic mass is 35.5. The van der Waals surface area contributed by atoms with Crippen LogP contribution in [0.3, 0.4) is 0 Å². The standard InChI is InChI=1S/C14H14ClF3N4O2S/c1-21(12(23)6-11(25(2)24)14(16,17)18)10-8-22(20-13(10)15)9-4-3-5-19-7-9/h3-5,7-8,11H,6H2,1-2H3. The first-order valence-corrected chi connectivity index (χ1v) is 8.92. The second-order valence-corrected chi connectivity index (χ2v) is 7.07. The Morgan fingerprint density at radius 1 is 1.52 bits per heavy atom. The Morgan fingerprint density at radius 3 is 2.72 bits per heavy atom. The maximum Gasteiger partial charge on any atom is 0.436 e. The van der Waals surface area contributed by atoms with Crippen molar-refractivity contribution in [3.63, 3.8) is 0 Å². The van der Waals surface area contributed by atoms with Gasteiger partial charge in [-0.05, 0) is 23.3 Å². The van der Waals surface area contributed by atoms with E-state index in [1.165, 1.54) is 24.1 Å². The highest BCUT2D eigenvalue weighted by Gasteiger charge is 2.48. The van der Waals surface area contributed by atoms with E-state index in [9.17, 15) is 22.5 Å². The molecule has 2 unspecified atom stereocenters. The molecule has 1 amide bonds. The Kier molecular flexibility index (Phi) is 5.96. The molecule has 0 fully saturated rings. The lowest BCUT2D eigenvalue weighted by Crippen LogP contribution is -2.41. The van der Waals surface area contributed by atoms with Crippen LogP contribution in [0, 0.1) is 0 Å². The molecule has 6 nitrogen and oxygen atoms in total. The van der Waals surface area contributed by atoms with Crippen molar-refractivity contribution in [2.24, 2.45) is 0 Å². The summed E-state index contributed by atoms with van der Waals surface area (Å²) in [5, 5.41) is 1.72. The number of hydrogen-bond donors (Lipinski definition) is 0. The van der Waals surface area contributed by atoms with Gasteiger partial charge in [-0.1, -0.05) is 11.6 Å². The topological polar surface area (TPSA) is 74.1 Å². The molecule has 2 rings (SSSR count). The molecule has 25 heavy (non-hydrogen) atoms. The number of anilines is 1. The van der Waals surface area contributed by atoms with Crippen LogP contribution >= 0.6 is 11.6 Å². The van der Waals surface area contributed by atoms with Gasteiger partial charge in [-0.3, -0.25) is 9.78 Å². The van der Waals surface area contributed by atoms with E-state index >= 15 is 0 Å². The molecule has 0 aliphatic rings. The quantitative estimate of drug-likeness (QED) is 0.730. The Morgan fingerprint density at radius 2 is 2.20 bits per heavy atom. The number of rotatable bonds is 5. The Labute approximate surface area is 149 Å². The van der Waals surface area contributed by atoms with E-state index in [2.05, 4.69) is 10.1 Å². The number of aromatic nitrogens is 3. The molecule has 2 aromatic rings. The molecule has 0 aromatic carbocycles. The predicted octanol–water partition coefficient (Wildman–Crippen LogP) is 2.58. The van der Waals surface area contributed by atoms with Crippen LogP contribution in [0.25, 0.3) is 5.69 Å². The van der Waals surface area contributed by atoms with Crippen molar-refractivity contribution >= 4 is 34.4 Å². The molecule has 0 radical (unpaired) electrons. The highest BCUT2D eigenvalue weighted by Crippen LogP contribution is 2.30. The van der Waals surface area contributed by atoms with E-state index in [1.54, 1.807) is 18.3 Å². The number of alkyl halides is 3. The van der Waals surface area contributed by atoms with Crippen molar-refractivity contribution < 1.29 is 22.5 Å². The zero-order valence-electron chi connectivity index (χ0n) is 13.2. The van der Waals surface area contributed by atoms with Gasteiger partial charge in [-0.25, -0.2) is 4.68 Å². The summed E-state index contributed by atoms with van der Waals surface area (Å²) in [5.41, 5.74) is 0.706. The van der Waals surface area contributed by atoms with Gasteiger partial charge in [-0.15, -0.1) is 0 Å². The third kappa shape index (κ3) is 4.65. The molecule has 2 atom stereocenters. The van der Waals surface area contributed by atoms with Gasteiger partial charge in [0.15, 0.2) is 5.15 Å². The number of amides is 1. The van der Waals surface area contributed by atoms with Gasteiger partial charge in [0.1, 0.15) is 5.69 Å². The summed E-state index contributed by atoms with van der Waals surface area (Å²) in [4.78, 5) is 17.1. The van der Waals surface area contributed by atoms with Gasteiger partial charge in [-0.2, -0.15) is 18.3 Å². The Balaban J connectivity index is 2.21. The van der Waals surface area contributed by atoms with Crippen LogP contribution in [-0.4, -0.2) is 50.0 Å². The first-order valence-electron chi connectivity index (χ1n) is 6.92. The van der Waals surface area contributed by atoms with Crippen LogP contribution in [0.5, 0.6) is 0 Å². The average molecular weight is 395 g/mol. The molecule has 2 aromatic heterocycles. The van der Waals surface area contributed by atoms with Crippen molar-refractivity contribution in [1.29, 1.82) is 0 Å². The van der Waals surface area contributed by atoms with Crippen LogP contribution < -0.4 is 4.90 Å². The third-order valence-electron chi connectivity index (χ3n) is 3.42. The van der Waals surface area contributed by atoms with Crippen LogP contribution in [-0.2, 0) is 16.0 Å². The van der Waals surface area contributed by atoms with Crippen LogP contribution in [0.4, 0.5) is 18.9 Å². The molecule has 0 saturated heterocycles. The fraction of sp³-hybridized carbons (Fsp3) is 0.357. The van der Waals surface area contributed by atoms with Crippen LogP contribution in [0.1, 0.15) is 6.42 Å². The van der Waals surface area contributed by atoms with Gasteiger partial charge in [0.2, 0.25) is 11.2 Å². The van der Waals surface area contributed by atoms with Crippen LogP contribution in [0.15, 0.2) is 30.7 Å². The summed E-state index contributed by atoms with van der Waals surface area (Å²) >= 11 is 3.76. The molecule has 0 spiro atoms. The lowest BCUT2D eigenvalue weighted by atomic mass is 10.2. The monoisotopic (exact) mass is 394 g/mol. The molecule has 2 heterocycles. The van der Waals surface area contributed by atoms with E-state index in [0.29, 0.717) is 5.69 Å². The molecule has 0 aliphatic heterocycles. The molecule has 11 heteroatoms. The Hall–Kier alpha value is -1.78. The number of pyridine rings is 1. The number of carbonyl (C=O) groups is 1. The fourth-order valence-electron chi connectivity index (χ4n) is 2.04. The van der Waals surface area contributed by atoms with Gasteiger partial charge < -0.3 is 9.45 Å². The van der Waals surface area contributed by atoms with E-state index in [1.807, 2.05) is 0 Å². The van der Waals surface area contributed by atoms with Crippen molar-refractivity contribution in [2.75, 3.05) is 18.2 Å². The molecule has 136 valence electrons. The third-order valence-corrected chi connectivity index (χ3v) is 4.93. The molecule has 0 N–H and O–H groups in total. The molecule has 0 saturated carbocycles. The maximum absolute atomic E-state index is 12.9. The number of hydrogen-bond acceptors (Lipinski definition) is 4. The molecule has 0 aliphatic carbocycles. The number of nitrogens with zero attached hydrogens (tertiary/aromatic N) is 4. The van der Waals surface area contributed by atoms with Gasteiger partial charge >= 0.3 is 6.18 Å². The van der Waals surface area contributed by atoms with Crippen molar-refractivity contribution in [3.8, 4) is 5.69 Å². The smallest absolute Gasteiger partial charge is 0.436 e. The largest absolute Gasteiger partial charge is 0.616 e. The van der Waals surface area contributed by atoms with E-state index < -0.39 is 34.9 Å². The predicted molar refractivity (Wildman–Crippen MR) is 88.3 cm³/mol. The molecular weight excluding hydrogens is 381 g/mol. The van der Waals surface area contributed by atoms with Crippen molar-refractivity contribution in [3.05, 3.63) is 35.9 Å². The van der Waals surface area contributed by atoms with Gasteiger partial charge in [0.25, 0.3) is 0 Å². The average Bonchev–Trinajstić information content (AvgIpc) is 2.93. The highest BCUT2D eigenvalue weighted by molar-refractivity contribution is 7.91. The summed E-state index contributed by atoms with van der Waals surface area (Å²) < 4.78 is 51.3. The molecular formula is C14H14ClF3N4O2S. The van der Waals surface area contributed by atoms with Crippen LogP contribution in [0.2, 0.25) is 5.15 Å². The number of halogens is 4. The zero-order valence-corrected chi connectivity index (χ0v) is 14.8. The fourth-order valence-corrected chi connectivity index (χ4v) is 3.05. The van der Waals surface area contributed by atoms with Crippen molar-refractivity contribution in [1.82, 2.24) is 14.8 Å². The minimum Gasteiger partial charge on any atom is -0.616 e. The maximum atomic E-state index is 12.9. The summed E-state index contributed by atoms with van der Waals surface area (Å²) in [6, 6.07) is 3.37. The lowest BCUT2D eigenvalue weighted by Gasteiger charge is -2.23. The summed E-state index contributed by atoms with van der Waals surface area (Å²) in [6.07, 6.45) is -0.291. The normalized spacial score (nSPS) is 14.2. The van der Waals surface area contributed by atoms with E-state index in [-0.39, 0.29) is 10.8 Å². The molecule has 0 bridgehead atoms. The second-order valence-electron chi connectivity index (χ2n) is 5.15. The SMILES string of the molecule is CN(C(=O)CC([S+](C)[O-])C(F)(F)F)c1cn(-c2cccnc2)nc1Cl. The first kappa shape index (κ1) is 19.5.